The number of hydrogen-bond donors (Lipinski definition) is 1. The molecule has 1 saturated heterocycles. The summed E-state index contributed by atoms with van der Waals surface area (Å²) in [4.78, 5) is 9.21. The summed E-state index contributed by atoms with van der Waals surface area (Å²) >= 11 is 0. The van der Waals surface area contributed by atoms with Gasteiger partial charge in [0.2, 0.25) is 0 Å². The van der Waals surface area contributed by atoms with Crippen molar-refractivity contribution in [1.29, 1.82) is 0 Å². The highest BCUT2D eigenvalue weighted by Gasteiger charge is 2.19. The van der Waals surface area contributed by atoms with E-state index in [-0.39, 0.29) is 0 Å². The van der Waals surface area contributed by atoms with Crippen LogP contribution < -0.4 is 10.2 Å². The largest absolute Gasteiger partial charge is 0.368 e. The molecule has 0 unspecified atom stereocenters. The molecule has 2 heterocycles. The number of para-hydroxylation sites is 1. The number of aliphatic imine (C=N–C) groups is 1. The number of aryl methyl sites for hydroxylation is 1. The number of nitrogens with one attached hydrogen (secondary N) is 1. The second kappa shape index (κ2) is 8.38. The number of hydrogen-bond acceptors (Lipinski definition) is 3. The molecule has 0 saturated carbocycles. The molecule has 1 fully saturated rings. The third kappa shape index (κ3) is 4.28. The lowest BCUT2D eigenvalue weighted by Gasteiger charge is -2.37. The van der Waals surface area contributed by atoms with Crippen molar-refractivity contribution in [3.63, 3.8) is 0 Å². The van der Waals surface area contributed by atoms with Crippen LogP contribution in [-0.4, -0.2) is 60.4 Å². The van der Waals surface area contributed by atoms with Gasteiger partial charge in [-0.05, 0) is 24.6 Å². The highest BCUT2D eigenvalue weighted by atomic mass is 15.3. The Morgan fingerprint density at radius 1 is 1.12 bits per heavy atom. The summed E-state index contributed by atoms with van der Waals surface area (Å²) in [6.45, 7) is 5.88. The summed E-state index contributed by atoms with van der Waals surface area (Å²) in [7, 11) is 1.86. The molecule has 1 aromatic heterocycles. The zero-order valence-electron chi connectivity index (χ0n) is 14.3. The second-order valence-electron chi connectivity index (χ2n) is 5.91. The Morgan fingerprint density at radius 3 is 2.58 bits per heavy atom. The fourth-order valence-corrected chi connectivity index (χ4v) is 3.02. The molecule has 6 nitrogen and oxygen atoms in total. The van der Waals surface area contributed by atoms with Gasteiger partial charge in [-0.25, -0.2) is 0 Å². The van der Waals surface area contributed by atoms with E-state index in [1.165, 1.54) is 5.69 Å². The maximum atomic E-state index is 4.43. The van der Waals surface area contributed by atoms with E-state index in [0.29, 0.717) is 0 Å². The maximum Gasteiger partial charge on any atom is 0.193 e. The quantitative estimate of drug-likeness (QED) is 0.516. The molecule has 1 aliphatic heterocycles. The zero-order valence-corrected chi connectivity index (χ0v) is 14.3. The van der Waals surface area contributed by atoms with E-state index in [9.17, 15) is 0 Å². The van der Waals surface area contributed by atoms with Gasteiger partial charge in [0.05, 0.1) is 0 Å². The third-order valence-electron chi connectivity index (χ3n) is 4.32. The fourth-order valence-electron chi connectivity index (χ4n) is 3.02. The van der Waals surface area contributed by atoms with Crippen LogP contribution in [0.5, 0.6) is 0 Å². The zero-order chi connectivity index (χ0) is 16.6. The first-order chi connectivity index (χ1) is 11.9. The molecule has 6 heteroatoms. The molecule has 0 spiro atoms. The molecule has 1 aliphatic rings. The van der Waals surface area contributed by atoms with E-state index < -0.39 is 0 Å². The van der Waals surface area contributed by atoms with E-state index in [0.717, 1.165) is 51.6 Å². The molecule has 2 aromatic rings. The summed E-state index contributed by atoms with van der Waals surface area (Å²) in [5, 5.41) is 7.70. The third-order valence-corrected chi connectivity index (χ3v) is 4.32. The summed E-state index contributed by atoms with van der Waals surface area (Å²) < 4.78 is 1.96. The molecular weight excluding hydrogens is 300 g/mol. The number of nitrogens with zero attached hydrogens (tertiary/aromatic N) is 5. The minimum absolute atomic E-state index is 0.908. The van der Waals surface area contributed by atoms with Gasteiger partial charge in [0.15, 0.2) is 5.96 Å². The van der Waals surface area contributed by atoms with Gasteiger partial charge in [-0.2, -0.15) is 5.10 Å². The number of rotatable bonds is 5. The average molecular weight is 326 g/mol. The van der Waals surface area contributed by atoms with Gasteiger partial charge in [0.1, 0.15) is 0 Å². The van der Waals surface area contributed by atoms with Crippen LogP contribution in [0, 0.1) is 0 Å². The van der Waals surface area contributed by atoms with Gasteiger partial charge in [-0.15, -0.1) is 0 Å². The van der Waals surface area contributed by atoms with Crippen LogP contribution in [0.3, 0.4) is 0 Å². The van der Waals surface area contributed by atoms with Crippen molar-refractivity contribution in [2.75, 3.05) is 44.7 Å². The minimum Gasteiger partial charge on any atom is -0.368 e. The molecule has 0 radical (unpaired) electrons. The predicted octanol–water partition coefficient (Wildman–Crippen LogP) is 1.67. The maximum absolute atomic E-state index is 4.43. The molecule has 0 bridgehead atoms. The Bertz CT molecular complexity index is 614. The van der Waals surface area contributed by atoms with Gasteiger partial charge < -0.3 is 15.1 Å². The van der Waals surface area contributed by atoms with Crippen LogP contribution in [0.1, 0.15) is 6.42 Å². The first-order valence-electron chi connectivity index (χ1n) is 8.60. The molecular formula is C18H26N6. The van der Waals surface area contributed by atoms with Crippen molar-refractivity contribution in [2.24, 2.45) is 4.99 Å². The molecule has 0 amide bonds. The Hall–Kier alpha value is -2.50. The average Bonchev–Trinajstić information content (AvgIpc) is 3.16. The molecule has 24 heavy (non-hydrogen) atoms. The molecule has 0 aliphatic carbocycles. The Labute approximate surface area is 143 Å². The second-order valence-corrected chi connectivity index (χ2v) is 5.91. The van der Waals surface area contributed by atoms with Crippen LogP contribution in [0.25, 0.3) is 0 Å². The van der Waals surface area contributed by atoms with Crippen LogP contribution >= 0.6 is 0 Å². The first kappa shape index (κ1) is 16.4. The number of benzene rings is 1. The molecule has 0 atom stereocenters. The lowest BCUT2D eigenvalue weighted by atomic mass is 10.2. The Balaban J connectivity index is 1.42. The van der Waals surface area contributed by atoms with Crippen LogP contribution in [0.2, 0.25) is 0 Å². The van der Waals surface area contributed by atoms with Crippen molar-refractivity contribution < 1.29 is 0 Å². The summed E-state index contributed by atoms with van der Waals surface area (Å²) in [6.07, 6.45) is 4.85. The van der Waals surface area contributed by atoms with Crippen molar-refractivity contribution in [1.82, 2.24) is 20.0 Å². The van der Waals surface area contributed by atoms with E-state index in [1.807, 2.05) is 30.2 Å². The highest BCUT2D eigenvalue weighted by Crippen LogP contribution is 2.15. The fraction of sp³-hybridized carbons (Fsp3) is 0.444. The SMILES string of the molecule is CN=C(NCCCn1cccn1)N1CCN(c2ccccc2)CC1. The van der Waals surface area contributed by atoms with E-state index in [1.54, 1.807) is 0 Å². The van der Waals surface area contributed by atoms with Crippen molar-refractivity contribution in [3.05, 3.63) is 48.8 Å². The van der Waals surface area contributed by atoms with Gasteiger partial charge in [0.25, 0.3) is 0 Å². The molecule has 1 aromatic carbocycles. The lowest BCUT2D eigenvalue weighted by molar-refractivity contribution is 0.371. The van der Waals surface area contributed by atoms with Crippen molar-refractivity contribution in [3.8, 4) is 0 Å². The number of anilines is 1. The molecule has 128 valence electrons. The normalized spacial score (nSPS) is 15.6. The Kier molecular flexibility index (Phi) is 5.71. The standard InChI is InChI=1S/C18H26N6/c1-19-18(20-9-5-11-24-12-6-10-21-24)23-15-13-22(14-16-23)17-7-3-2-4-8-17/h2-4,6-8,10,12H,5,9,11,13-16H2,1H3,(H,19,20). The molecule has 1 N–H and O–H groups in total. The van der Waals surface area contributed by atoms with Crippen LogP contribution in [-0.2, 0) is 6.54 Å². The van der Waals surface area contributed by atoms with Gasteiger partial charge in [0, 0.05) is 64.4 Å². The van der Waals surface area contributed by atoms with Crippen LogP contribution in [0.15, 0.2) is 53.8 Å². The summed E-state index contributed by atoms with van der Waals surface area (Å²) in [5.74, 6) is 1.00. The number of piperazine rings is 1. The highest BCUT2D eigenvalue weighted by molar-refractivity contribution is 5.80. The van der Waals surface area contributed by atoms with Gasteiger partial charge >= 0.3 is 0 Å². The number of guanidine groups is 1. The topological polar surface area (TPSA) is 48.7 Å². The van der Waals surface area contributed by atoms with E-state index >= 15 is 0 Å². The van der Waals surface area contributed by atoms with E-state index in [4.69, 9.17) is 0 Å². The van der Waals surface area contributed by atoms with E-state index in [2.05, 4.69) is 55.5 Å². The predicted molar refractivity (Wildman–Crippen MR) is 98.4 cm³/mol. The lowest BCUT2D eigenvalue weighted by Crippen LogP contribution is -2.52. The monoisotopic (exact) mass is 326 g/mol. The van der Waals surface area contributed by atoms with Crippen molar-refractivity contribution >= 4 is 11.6 Å². The number of aromatic nitrogens is 2. The van der Waals surface area contributed by atoms with Crippen LogP contribution in [0.4, 0.5) is 5.69 Å². The minimum atomic E-state index is 0.908. The summed E-state index contributed by atoms with van der Waals surface area (Å²) in [6, 6.07) is 12.6. The first-order valence-corrected chi connectivity index (χ1v) is 8.60. The van der Waals surface area contributed by atoms with Crippen molar-refractivity contribution in [2.45, 2.75) is 13.0 Å². The molecule has 3 rings (SSSR count). The van der Waals surface area contributed by atoms with Gasteiger partial charge in [-0.3, -0.25) is 9.67 Å². The summed E-state index contributed by atoms with van der Waals surface area (Å²) in [5.41, 5.74) is 1.30. The smallest absolute Gasteiger partial charge is 0.193 e. The Morgan fingerprint density at radius 2 is 1.92 bits per heavy atom. The van der Waals surface area contributed by atoms with Gasteiger partial charge in [-0.1, -0.05) is 18.2 Å².